The highest BCUT2D eigenvalue weighted by Gasteiger charge is 2.15. The van der Waals surface area contributed by atoms with Crippen LogP contribution in [0.15, 0.2) is 35.7 Å². The SMILES string of the molecule is N#Cc1sccc1-c1ccccc1CN1CCOCC1. The molecule has 1 aliphatic rings. The lowest BCUT2D eigenvalue weighted by Gasteiger charge is -2.27. The Balaban J connectivity index is 1.90. The van der Waals surface area contributed by atoms with E-state index in [9.17, 15) is 5.26 Å². The van der Waals surface area contributed by atoms with E-state index in [-0.39, 0.29) is 0 Å². The van der Waals surface area contributed by atoms with Gasteiger partial charge in [0.2, 0.25) is 0 Å². The fourth-order valence-electron chi connectivity index (χ4n) is 2.53. The van der Waals surface area contributed by atoms with E-state index in [0.717, 1.165) is 43.3 Å². The van der Waals surface area contributed by atoms with Gasteiger partial charge in [-0.1, -0.05) is 24.3 Å². The maximum absolute atomic E-state index is 9.21. The summed E-state index contributed by atoms with van der Waals surface area (Å²) in [5.74, 6) is 0. The van der Waals surface area contributed by atoms with Gasteiger partial charge in [0.15, 0.2) is 0 Å². The third-order valence-electron chi connectivity index (χ3n) is 3.57. The number of hydrogen-bond acceptors (Lipinski definition) is 4. The molecule has 0 aliphatic carbocycles. The summed E-state index contributed by atoms with van der Waals surface area (Å²) in [4.78, 5) is 3.19. The molecule has 2 aromatic rings. The van der Waals surface area contributed by atoms with Gasteiger partial charge in [-0.05, 0) is 22.6 Å². The largest absolute Gasteiger partial charge is 0.379 e. The first kappa shape index (κ1) is 13.3. The number of thiophene rings is 1. The van der Waals surface area contributed by atoms with E-state index in [4.69, 9.17) is 4.74 Å². The van der Waals surface area contributed by atoms with Crippen LogP contribution < -0.4 is 0 Å². The molecule has 0 bridgehead atoms. The van der Waals surface area contributed by atoms with E-state index in [1.54, 1.807) is 0 Å². The van der Waals surface area contributed by atoms with Gasteiger partial charge in [0.25, 0.3) is 0 Å². The van der Waals surface area contributed by atoms with Gasteiger partial charge in [-0.2, -0.15) is 5.26 Å². The smallest absolute Gasteiger partial charge is 0.112 e. The molecule has 4 heteroatoms. The second kappa shape index (κ2) is 6.19. The van der Waals surface area contributed by atoms with Crippen molar-refractivity contribution in [2.24, 2.45) is 0 Å². The van der Waals surface area contributed by atoms with E-state index in [1.165, 1.54) is 22.5 Å². The minimum atomic E-state index is 0.791. The highest BCUT2D eigenvalue weighted by atomic mass is 32.1. The number of ether oxygens (including phenoxy) is 1. The Morgan fingerprint density at radius 3 is 2.75 bits per heavy atom. The minimum absolute atomic E-state index is 0.791. The zero-order valence-electron chi connectivity index (χ0n) is 11.2. The minimum Gasteiger partial charge on any atom is -0.379 e. The van der Waals surface area contributed by atoms with Crippen LogP contribution >= 0.6 is 11.3 Å². The molecule has 102 valence electrons. The topological polar surface area (TPSA) is 36.3 Å². The van der Waals surface area contributed by atoms with Crippen molar-refractivity contribution in [2.45, 2.75) is 6.54 Å². The predicted molar refractivity (Wildman–Crippen MR) is 80.6 cm³/mol. The van der Waals surface area contributed by atoms with Crippen molar-refractivity contribution in [1.82, 2.24) is 4.90 Å². The number of nitriles is 1. The maximum Gasteiger partial charge on any atom is 0.112 e. The summed E-state index contributed by atoms with van der Waals surface area (Å²) < 4.78 is 5.39. The number of rotatable bonds is 3. The lowest BCUT2D eigenvalue weighted by molar-refractivity contribution is 0.0342. The Morgan fingerprint density at radius 1 is 1.15 bits per heavy atom. The van der Waals surface area contributed by atoms with Gasteiger partial charge in [-0.3, -0.25) is 4.90 Å². The Morgan fingerprint density at radius 2 is 1.95 bits per heavy atom. The van der Waals surface area contributed by atoms with E-state index >= 15 is 0 Å². The van der Waals surface area contributed by atoms with Gasteiger partial charge in [0.05, 0.1) is 13.2 Å². The lowest BCUT2D eigenvalue weighted by Crippen LogP contribution is -2.35. The van der Waals surface area contributed by atoms with Crippen LogP contribution in [-0.2, 0) is 11.3 Å². The molecule has 1 aromatic carbocycles. The zero-order valence-corrected chi connectivity index (χ0v) is 12.0. The fraction of sp³-hybridized carbons (Fsp3) is 0.312. The Bertz CT molecular complexity index is 623. The van der Waals surface area contributed by atoms with Crippen LogP contribution in [-0.4, -0.2) is 31.2 Å². The van der Waals surface area contributed by atoms with Crippen LogP contribution in [0.4, 0.5) is 0 Å². The first-order chi connectivity index (χ1) is 9.88. The molecule has 1 saturated heterocycles. The van der Waals surface area contributed by atoms with Crippen molar-refractivity contribution < 1.29 is 4.74 Å². The first-order valence-corrected chi connectivity index (χ1v) is 7.62. The lowest BCUT2D eigenvalue weighted by atomic mass is 10.00. The highest BCUT2D eigenvalue weighted by molar-refractivity contribution is 7.11. The average molecular weight is 284 g/mol. The van der Waals surface area contributed by atoms with Crippen LogP contribution in [0.3, 0.4) is 0 Å². The molecular weight excluding hydrogens is 268 g/mol. The summed E-state index contributed by atoms with van der Waals surface area (Å²) in [5.41, 5.74) is 3.52. The van der Waals surface area contributed by atoms with Crippen LogP contribution in [0, 0.1) is 11.3 Å². The third kappa shape index (κ3) is 2.75. The van der Waals surface area contributed by atoms with Crippen LogP contribution in [0.5, 0.6) is 0 Å². The van der Waals surface area contributed by atoms with E-state index in [1.807, 2.05) is 17.5 Å². The second-order valence-electron chi connectivity index (χ2n) is 4.82. The molecule has 20 heavy (non-hydrogen) atoms. The number of nitrogens with zero attached hydrogens (tertiary/aromatic N) is 2. The number of benzene rings is 1. The van der Waals surface area contributed by atoms with Crippen LogP contribution in [0.1, 0.15) is 10.4 Å². The van der Waals surface area contributed by atoms with Gasteiger partial charge in [-0.15, -0.1) is 11.3 Å². The van der Waals surface area contributed by atoms with Gasteiger partial charge in [0.1, 0.15) is 10.9 Å². The van der Waals surface area contributed by atoms with Gasteiger partial charge in [0, 0.05) is 25.2 Å². The average Bonchev–Trinajstić information content (AvgIpc) is 2.97. The molecule has 1 fully saturated rings. The van der Waals surface area contributed by atoms with Crippen molar-refractivity contribution in [2.75, 3.05) is 26.3 Å². The van der Waals surface area contributed by atoms with Gasteiger partial charge < -0.3 is 4.74 Å². The maximum atomic E-state index is 9.21. The predicted octanol–water partition coefficient (Wildman–Crippen LogP) is 3.12. The normalized spacial score (nSPS) is 15.9. The highest BCUT2D eigenvalue weighted by Crippen LogP contribution is 2.31. The standard InChI is InChI=1S/C16H16N2OS/c17-11-16-15(5-10-20-16)14-4-2-1-3-13(14)12-18-6-8-19-9-7-18/h1-5,10H,6-9,12H2. The van der Waals surface area contributed by atoms with Crippen molar-refractivity contribution in [3.63, 3.8) is 0 Å². The van der Waals surface area contributed by atoms with Crippen molar-refractivity contribution >= 4 is 11.3 Å². The van der Waals surface area contributed by atoms with Crippen LogP contribution in [0.2, 0.25) is 0 Å². The molecule has 0 N–H and O–H groups in total. The molecule has 2 heterocycles. The second-order valence-corrected chi connectivity index (χ2v) is 5.74. The Labute approximate surface area is 123 Å². The number of morpholine rings is 1. The van der Waals surface area contributed by atoms with Gasteiger partial charge in [-0.25, -0.2) is 0 Å². The summed E-state index contributed by atoms with van der Waals surface area (Å²) in [6, 6.07) is 12.7. The molecule has 3 rings (SSSR count). The molecule has 0 radical (unpaired) electrons. The molecule has 0 spiro atoms. The van der Waals surface area contributed by atoms with Crippen LogP contribution in [0.25, 0.3) is 11.1 Å². The van der Waals surface area contributed by atoms with E-state index in [2.05, 4.69) is 29.2 Å². The molecule has 1 aromatic heterocycles. The van der Waals surface area contributed by atoms with Gasteiger partial charge >= 0.3 is 0 Å². The molecule has 0 atom stereocenters. The van der Waals surface area contributed by atoms with Crippen molar-refractivity contribution in [1.29, 1.82) is 5.26 Å². The molecule has 0 saturated carbocycles. The summed E-state index contributed by atoms with van der Waals surface area (Å²) in [5, 5.41) is 11.2. The quantitative estimate of drug-likeness (QED) is 0.869. The third-order valence-corrected chi connectivity index (χ3v) is 4.39. The summed E-state index contributed by atoms with van der Waals surface area (Å²) in [7, 11) is 0. The molecule has 3 nitrogen and oxygen atoms in total. The monoisotopic (exact) mass is 284 g/mol. The number of hydrogen-bond donors (Lipinski definition) is 0. The fourth-order valence-corrected chi connectivity index (χ4v) is 3.23. The Kier molecular flexibility index (Phi) is 4.12. The summed E-state index contributed by atoms with van der Waals surface area (Å²) in [6.07, 6.45) is 0. The van der Waals surface area contributed by atoms with Crippen molar-refractivity contribution in [3.05, 3.63) is 46.2 Å². The van der Waals surface area contributed by atoms with Crippen molar-refractivity contribution in [3.8, 4) is 17.2 Å². The first-order valence-electron chi connectivity index (χ1n) is 6.74. The summed E-state index contributed by atoms with van der Waals surface area (Å²) >= 11 is 1.50. The molecule has 0 amide bonds. The van der Waals surface area contributed by atoms with E-state index < -0.39 is 0 Å². The summed E-state index contributed by atoms with van der Waals surface area (Å²) in [6.45, 7) is 4.49. The zero-order chi connectivity index (χ0) is 13.8. The molecule has 1 aliphatic heterocycles. The molecular formula is C16H16N2OS. The van der Waals surface area contributed by atoms with E-state index in [0.29, 0.717) is 0 Å². The molecule has 0 unspecified atom stereocenters. The Hall–Kier alpha value is -1.67.